The molecule has 3 rings (SSSR count). The maximum absolute atomic E-state index is 12.2. The van der Waals surface area contributed by atoms with E-state index < -0.39 is 0 Å². The van der Waals surface area contributed by atoms with Crippen LogP contribution in [0, 0.1) is 17.2 Å². The lowest BCUT2D eigenvalue weighted by atomic mass is 9.97. The number of hydrogen-bond acceptors (Lipinski definition) is 4. The van der Waals surface area contributed by atoms with E-state index in [2.05, 4.69) is 6.07 Å². The van der Waals surface area contributed by atoms with Gasteiger partial charge < -0.3 is 9.47 Å². The molecule has 116 valence electrons. The Labute approximate surface area is 139 Å². The summed E-state index contributed by atoms with van der Waals surface area (Å²) in [6.07, 6.45) is 0.549. The van der Waals surface area contributed by atoms with E-state index in [1.807, 2.05) is 18.2 Å². The monoisotopic (exact) mass is 327 g/mol. The molecule has 5 heteroatoms. The quantitative estimate of drug-likeness (QED) is 0.809. The molecular formula is C18H14ClNO3. The van der Waals surface area contributed by atoms with Gasteiger partial charge in [0.05, 0.1) is 17.6 Å². The molecule has 2 aromatic carbocycles. The van der Waals surface area contributed by atoms with Crippen LogP contribution in [0.4, 0.5) is 0 Å². The van der Waals surface area contributed by atoms with Crippen molar-refractivity contribution in [3.8, 4) is 11.8 Å². The van der Waals surface area contributed by atoms with Crippen molar-refractivity contribution in [1.82, 2.24) is 0 Å². The molecule has 23 heavy (non-hydrogen) atoms. The number of ether oxygens (including phenoxy) is 2. The SMILES string of the molecule is N#Cc1cccc(COC(=O)[C@@H]2COc3ccc(Cl)cc3C2)c1. The molecular weight excluding hydrogens is 314 g/mol. The normalized spacial score (nSPS) is 15.9. The fourth-order valence-corrected chi connectivity index (χ4v) is 2.71. The molecule has 0 saturated heterocycles. The van der Waals surface area contributed by atoms with E-state index in [0.29, 0.717) is 23.6 Å². The summed E-state index contributed by atoms with van der Waals surface area (Å²) in [5.41, 5.74) is 2.25. The van der Waals surface area contributed by atoms with E-state index in [1.165, 1.54) is 0 Å². The second-order valence-electron chi connectivity index (χ2n) is 5.38. The third-order valence-electron chi connectivity index (χ3n) is 3.70. The molecule has 4 nitrogen and oxygen atoms in total. The molecule has 1 aliphatic rings. The first kappa shape index (κ1) is 15.4. The number of carbonyl (C=O) groups excluding carboxylic acids is 1. The third-order valence-corrected chi connectivity index (χ3v) is 3.93. The highest BCUT2D eigenvalue weighted by atomic mass is 35.5. The van der Waals surface area contributed by atoms with Crippen molar-refractivity contribution in [2.75, 3.05) is 6.61 Å². The summed E-state index contributed by atoms with van der Waals surface area (Å²) in [5.74, 6) is 0.110. The average molecular weight is 328 g/mol. The summed E-state index contributed by atoms with van der Waals surface area (Å²) in [6, 6.07) is 14.5. The summed E-state index contributed by atoms with van der Waals surface area (Å²) in [6.45, 7) is 0.443. The van der Waals surface area contributed by atoms with Crippen LogP contribution in [-0.4, -0.2) is 12.6 Å². The topological polar surface area (TPSA) is 59.3 Å². The van der Waals surface area contributed by atoms with Crippen LogP contribution in [0.5, 0.6) is 5.75 Å². The molecule has 0 bridgehead atoms. The van der Waals surface area contributed by atoms with Crippen molar-refractivity contribution in [2.24, 2.45) is 5.92 Å². The molecule has 2 aromatic rings. The molecule has 0 fully saturated rings. The number of nitriles is 1. The van der Waals surface area contributed by atoms with Gasteiger partial charge in [-0.1, -0.05) is 23.7 Å². The standard InChI is InChI=1S/C18H14ClNO3/c19-16-4-5-17-14(8-16)7-15(11-22-17)18(21)23-10-13-3-1-2-12(6-13)9-20/h1-6,8,15H,7,10-11H2/t15-/m0/s1. The fraction of sp³-hybridized carbons (Fsp3) is 0.222. The number of esters is 1. The molecule has 0 saturated carbocycles. The predicted octanol–water partition coefficient (Wildman–Crippen LogP) is 3.51. The zero-order chi connectivity index (χ0) is 16.2. The van der Waals surface area contributed by atoms with Gasteiger partial charge in [0.1, 0.15) is 19.0 Å². The van der Waals surface area contributed by atoms with Gasteiger partial charge in [-0.05, 0) is 47.9 Å². The van der Waals surface area contributed by atoms with Crippen LogP contribution in [0.2, 0.25) is 5.02 Å². The second kappa shape index (κ2) is 6.72. The molecule has 1 aliphatic heterocycles. The summed E-state index contributed by atoms with van der Waals surface area (Å²) in [4.78, 5) is 12.2. The molecule has 0 N–H and O–H groups in total. The highest BCUT2D eigenvalue weighted by Crippen LogP contribution is 2.30. The second-order valence-corrected chi connectivity index (χ2v) is 5.82. The highest BCUT2D eigenvalue weighted by Gasteiger charge is 2.27. The number of fused-ring (bicyclic) bond motifs is 1. The Balaban J connectivity index is 1.62. The zero-order valence-corrected chi connectivity index (χ0v) is 13.0. The Morgan fingerprint density at radius 3 is 3.04 bits per heavy atom. The van der Waals surface area contributed by atoms with Crippen LogP contribution in [-0.2, 0) is 22.6 Å². The maximum Gasteiger partial charge on any atom is 0.313 e. The minimum Gasteiger partial charge on any atom is -0.492 e. The Hall–Kier alpha value is -2.51. The van der Waals surface area contributed by atoms with Gasteiger partial charge >= 0.3 is 5.97 Å². The largest absolute Gasteiger partial charge is 0.492 e. The number of carbonyl (C=O) groups is 1. The highest BCUT2D eigenvalue weighted by molar-refractivity contribution is 6.30. The Kier molecular flexibility index (Phi) is 4.50. The van der Waals surface area contributed by atoms with Crippen LogP contribution in [0.25, 0.3) is 0 Å². The van der Waals surface area contributed by atoms with Crippen molar-refractivity contribution in [3.63, 3.8) is 0 Å². The molecule has 0 radical (unpaired) electrons. The zero-order valence-electron chi connectivity index (χ0n) is 12.3. The molecule has 0 spiro atoms. The summed E-state index contributed by atoms with van der Waals surface area (Å²) in [7, 11) is 0. The van der Waals surface area contributed by atoms with Crippen molar-refractivity contribution in [3.05, 3.63) is 64.2 Å². The van der Waals surface area contributed by atoms with Crippen LogP contribution in [0.15, 0.2) is 42.5 Å². The van der Waals surface area contributed by atoms with E-state index in [9.17, 15) is 4.79 Å². The van der Waals surface area contributed by atoms with Crippen LogP contribution in [0.3, 0.4) is 0 Å². The number of rotatable bonds is 3. The number of nitrogens with zero attached hydrogens (tertiary/aromatic N) is 1. The Morgan fingerprint density at radius 1 is 1.35 bits per heavy atom. The van der Waals surface area contributed by atoms with Gasteiger partial charge in [-0.15, -0.1) is 0 Å². The number of hydrogen-bond donors (Lipinski definition) is 0. The van der Waals surface area contributed by atoms with Gasteiger partial charge in [-0.2, -0.15) is 5.26 Å². The van der Waals surface area contributed by atoms with Gasteiger partial charge in [0.15, 0.2) is 0 Å². The van der Waals surface area contributed by atoms with Crippen molar-refractivity contribution in [1.29, 1.82) is 5.26 Å². The van der Waals surface area contributed by atoms with E-state index in [0.717, 1.165) is 16.9 Å². The Morgan fingerprint density at radius 2 is 2.22 bits per heavy atom. The Bertz CT molecular complexity index is 782. The first-order chi connectivity index (χ1) is 11.2. The van der Waals surface area contributed by atoms with E-state index >= 15 is 0 Å². The van der Waals surface area contributed by atoms with Gasteiger partial charge in [0.2, 0.25) is 0 Å². The van der Waals surface area contributed by atoms with Gasteiger partial charge in [-0.3, -0.25) is 4.79 Å². The average Bonchev–Trinajstić information content (AvgIpc) is 2.59. The molecule has 1 heterocycles. The molecule has 0 unspecified atom stereocenters. The molecule has 0 aliphatic carbocycles. The lowest BCUT2D eigenvalue weighted by Gasteiger charge is -2.24. The number of halogens is 1. The number of benzene rings is 2. The van der Waals surface area contributed by atoms with E-state index in [1.54, 1.807) is 24.3 Å². The summed E-state index contributed by atoms with van der Waals surface area (Å²) >= 11 is 5.98. The van der Waals surface area contributed by atoms with Crippen molar-refractivity contribution in [2.45, 2.75) is 13.0 Å². The minimum absolute atomic E-state index is 0.146. The lowest BCUT2D eigenvalue weighted by Crippen LogP contribution is -2.29. The fourth-order valence-electron chi connectivity index (χ4n) is 2.52. The molecule has 0 amide bonds. The van der Waals surface area contributed by atoms with Crippen LogP contribution >= 0.6 is 11.6 Å². The smallest absolute Gasteiger partial charge is 0.313 e. The molecule has 0 aromatic heterocycles. The lowest BCUT2D eigenvalue weighted by molar-refractivity contribution is -0.151. The van der Waals surface area contributed by atoms with Crippen molar-refractivity contribution < 1.29 is 14.3 Å². The van der Waals surface area contributed by atoms with Gasteiger partial charge in [0, 0.05) is 5.02 Å². The van der Waals surface area contributed by atoms with Crippen LogP contribution in [0.1, 0.15) is 16.7 Å². The molecule has 1 atom stereocenters. The first-order valence-corrected chi connectivity index (χ1v) is 7.60. The summed E-state index contributed by atoms with van der Waals surface area (Å²) in [5, 5.41) is 9.49. The van der Waals surface area contributed by atoms with E-state index in [-0.39, 0.29) is 18.5 Å². The minimum atomic E-state index is -0.347. The van der Waals surface area contributed by atoms with Gasteiger partial charge in [0.25, 0.3) is 0 Å². The van der Waals surface area contributed by atoms with Gasteiger partial charge in [-0.25, -0.2) is 0 Å². The summed E-state index contributed by atoms with van der Waals surface area (Å²) < 4.78 is 10.9. The third kappa shape index (κ3) is 3.64. The predicted molar refractivity (Wildman–Crippen MR) is 85.1 cm³/mol. The maximum atomic E-state index is 12.2. The van der Waals surface area contributed by atoms with Crippen molar-refractivity contribution >= 4 is 17.6 Å². The van der Waals surface area contributed by atoms with E-state index in [4.69, 9.17) is 26.3 Å². The van der Waals surface area contributed by atoms with Crippen LogP contribution < -0.4 is 4.74 Å². The first-order valence-electron chi connectivity index (χ1n) is 7.22.